The molecule has 3 heteroatoms. The summed E-state index contributed by atoms with van der Waals surface area (Å²) in [6.07, 6.45) is 0.841. The fourth-order valence-electron chi connectivity index (χ4n) is 1.32. The Morgan fingerprint density at radius 1 is 1.54 bits per heavy atom. The second-order valence-electron chi connectivity index (χ2n) is 3.04. The Morgan fingerprint density at radius 3 is 2.85 bits per heavy atom. The van der Waals surface area contributed by atoms with Gasteiger partial charge in [-0.2, -0.15) is 0 Å². The molecule has 0 saturated carbocycles. The van der Waals surface area contributed by atoms with Crippen LogP contribution < -0.4 is 0 Å². The highest BCUT2D eigenvalue weighted by Gasteiger charge is 2.05. The lowest BCUT2D eigenvalue weighted by Gasteiger charge is -2.08. The summed E-state index contributed by atoms with van der Waals surface area (Å²) < 4.78 is 0. The third-order valence-corrected chi connectivity index (χ3v) is 2.00. The highest BCUT2D eigenvalue weighted by atomic mass is 15.1. The third kappa shape index (κ3) is 2.49. The van der Waals surface area contributed by atoms with Gasteiger partial charge < -0.3 is 0 Å². The van der Waals surface area contributed by atoms with Crippen molar-refractivity contribution in [1.29, 1.82) is 0 Å². The normalized spacial score (nSPS) is 11.8. The maximum Gasteiger partial charge on any atom is 0.0622 e. The second kappa shape index (κ2) is 4.53. The number of hydrogen-bond acceptors (Lipinski definition) is 1. The molecule has 0 aromatic heterocycles. The number of benzene rings is 1. The van der Waals surface area contributed by atoms with Crippen molar-refractivity contribution in [2.45, 2.75) is 26.3 Å². The van der Waals surface area contributed by atoms with Gasteiger partial charge in [0.2, 0.25) is 0 Å². The molecule has 0 heterocycles. The van der Waals surface area contributed by atoms with Gasteiger partial charge in [-0.1, -0.05) is 41.9 Å². The van der Waals surface area contributed by atoms with E-state index < -0.39 is 0 Å². The Hall–Kier alpha value is -1.47. The van der Waals surface area contributed by atoms with Crippen molar-refractivity contribution in [3.05, 3.63) is 45.8 Å². The monoisotopic (exact) mass is 175 g/mol. The Kier molecular flexibility index (Phi) is 3.35. The first-order chi connectivity index (χ1) is 6.27. The van der Waals surface area contributed by atoms with Crippen LogP contribution in [0.4, 0.5) is 0 Å². The van der Waals surface area contributed by atoms with Gasteiger partial charge in [0.05, 0.1) is 6.04 Å². The van der Waals surface area contributed by atoms with E-state index in [1.165, 1.54) is 5.56 Å². The topological polar surface area (TPSA) is 48.8 Å². The highest BCUT2D eigenvalue weighted by Crippen LogP contribution is 2.21. The van der Waals surface area contributed by atoms with E-state index in [0.29, 0.717) is 0 Å². The summed E-state index contributed by atoms with van der Waals surface area (Å²) in [5.41, 5.74) is 10.7. The van der Waals surface area contributed by atoms with Crippen LogP contribution >= 0.6 is 0 Å². The molecule has 68 valence electrons. The van der Waals surface area contributed by atoms with Gasteiger partial charge in [0.15, 0.2) is 0 Å². The van der Waals surface area contributed by atoms with Gasteiger partial charge in [0.1, 0.15) is 0 Å². The maximum atomic E-state index is 8.36. The van der Waals surface area contributed by atoms with Crippen LogP contribution in [0.25, 0.3) is 10.4 Å². The lowest BCUT2D eigenvalue weighted by Crippen LogP contribution is -1.92. The summed E-state index contributed by atoms with van der Waals surface area (Å²) in [6, 6.07) is 8.05. The summed E-state index contributed by atoms with van der Waals surface area (Å²) in [6.45, 7) is 4.05. The summed E-state index contributed by atoms with van der Waals surface area (Å²) in [5, 5.41) is 3.73. The van der Waals surface area contributed by atoms with Gasteiger partial charge in [-0.15, -0.1) is 0 Å². The quantitative estimate of drug-likeness (QED) is 0.381. The molecular weight excluding hydrogens is 162 g/mol. The summed E-state index contributed by atoms with van der Waals surface area (Å²) in [4.78, 5) is 2.84. The van der Waals surface area contributed by atoms with E-state index >= 15 is 0 Å². The first-order valence-corrected chi connectivity index (χ1v) is 4.38. The zero-order valence-electron chi connectivity index (χ0n) is 7.94. The number of nitrogens with zero attached hydrogens (tertiary/aromatic N) is 3. The van der Waals surface area contributed by atoms with Crippen LogP contribution in [0.3, 0.4) is 0 Å². The average molecular weight is 175 g/mol. The molecule has 0 bridgehead atoms. The van der Waals surface area contributed by atoms with Crippen molar-refractivity contribution in [2.24, 2.45) is 5.11 Å². The van der Waals surface area contributed by atoms with Gasteiger partial charge >= 0.3 is 0 Å². The molecule has 3 nitrogen and oxygen atoms in total. The minimum Gasteiger partial charge on any atom is -0.0859 e. The molecule has 0 radical (unpaired) electrons. The molecule has 1 atom stereocenters. The first kappa shape index (κ1) is 9.62. The zero-order chi connectivity index (χ0) is 9.68. The minimum atomic E-state index is -0.0232. The molecule has 13 heavy (non-hydrogen) atoms. The molecule has 0 aliphatic carbocycles. The van der Waals surface area contributed by atoms with Crippen LogP contribution in [0.2, 0.25) is 0 Å². The van der Waals surface area contributed by atoms with E-state index in [1.807, 2.05) is 32.0 Å². The van der Waals surface area contributed by atoms with Gasteiger partial charge in [0.25, 0.3) is 0 Å². The summed E-state index contributed by atoms with van der Waals surface area (Å²) in [7, 11) is 0. The van der Waals surface area contributed by atoms with Gasteiger partial charge in [-0.25, -0.2) is 0 Å². The Morgan fingerprint density at radius 2 is 2.31 bits per heavy atom. The van der Waals surface area contributed by atoms with Gasteiger partial charge in [-0.05, 0) is 24.4 Å². The fraction of sp³-hybridized carbons (Fsp3) is 0.400. The Balaban J connectivity index is 2.97. The molecule has 0 aliphatic heterocycles. The van der Waals surface area contributed by atoms with Crippen molar-refractivity contribution in [3.8, 4) is 0 Å². The molecular formula is C10H13N3. The number of hydrogen-bond donors (Lipinski definition) is 0. The van der Waals surface area contributed by atoms with Gasteiger partial charge in [0, 0.05) is 4.91 Å². The van der Waals surface area contributed by atoms with Crippen molar-refractivity contribution >= 4 is 0 Å². The smallest absolute Gasteiger partial charge is 0.0622 e. The van der Waals surface area contributed by atoms with Crippen molar-refractivity contribution in [3.63, 3.8) is 0 Å². The fourth-order valence-corrected chi connectivity index (χ4v) is 1.32. The van der Waals surface area contributed by atoms with E-state index in [-0.39, 0.29) is 6.04 Å². The third-order valence-electron chi connectivity index (χ3n) is 2.00. The van der Waals surface area contributed by atoms with Gasteiger partial charge in [-0.3, -0.25) is 0 Å². The highest BCUT2D eigenvalue weighted by molar-refractivity contribution is 5.25. The van der Waals surface area contributed by atoms with Crippen molar-refractivity contribution in [1.82, 2.24) is 0 Å². The van der Waals surface area contributed by atoms with Crippen LogP contribution in [-0.2, 0) is 0 Å². The lowest BCUT2D eigenvalue weighted by atomic mass is 10.0. The van der Waals surface area contributed by atoms with E-state index in [0.717, 1.165) is 12.0 Å². The second-order valence-corrected chi connectivity index (χ2v) is 3.04. The number of azide groups is 1. The Labute approximate surface area is 78.0 Å². The van der Waals surface area contributed by atoms with E-state index in [2.05, 4.69) is 16.1 Å². The predicted octanol–water partition coefficient (Wildman–Crippen LogP) is 3.76. The minimum absolute atomic E-state index is 0.0232. The molecule has 0 amide bonds. The SMILES string of the molecule is CC[C@@H](N=[N+]=[N-])c1cccc(C)c1. The van der Waals surface area contributed by atoms with Crippen LogP contribution in [0.15, 0.2) is 29.4 Å². The molecule has 1 rings (SSSR count). The van der Waals surface area contributed by atoms with E-state index in [9.17, 15) is 0 Å². The molecule has 1 aromatic rings. The van der Waals surface area contributed by atoms with E-state index in [1.54, 1.807) is 0 Å². The number of rotatable bonds is 3. The molecule has 1 aromatic carbocycles. The molecule has 0 aliphatic rings. The van der Waals surface area contributed by atoms with Crippen LogP contribution in [0.1, 0.15) is 30.5 Å². The average Bonchev–Trinajstić information content (AvgIpc) is 2.14. The summed E-state index contributed by atoms with van der Waals surface area (Å²) in [5.74, 6) is 0. The standard InChI is InChI=1S/C10H13N3/c1-3-10(12-13-11)9-6-4-5-8(2)7-9/h4-7,10H,3H2,1-2H3/t10-/m1/s1. The molecule has 0 spiro atoms. The molecule has 0 N–H and O–H groups in total. The van der Waals surface area contributed by atoms with Crippen LogP contribution in [0, 0.1) is 6.92 Å². The maximum absolute atomic E-state index is 8.36. The molecule has 0 unspecified atom stereocenters. The van der Waals surface area contributed by atoms with E-state index in [4.69, 9.17) is 5.53 Å². The van der Waals surface area contributed by atoms with Crippen LogP contribution in [-0.4, -0.2) is 0 Å². The first-order valence-electron chi connectivity index (χ1n) is 4.38. The van der Waals surface area contributed by atoms with Crippen molar-refractivity contribution in [2.75, 3.05) is 0 Å². The van der Waals surface area contributed by atoms with Crippen molar-refractivity contribution < 1.29 is 0 Å². The largest absolute Gasteiger partial charge is 0.0859 e. The lowest BCUT2D eigenvalue weighted by molar-refractivity contribution is 0.692. The molecule has 0 saturated heterocycles. The number of aryl methyl sites for hydroxylation is 1. The predicted molar refractivity (Wildman–Crippen MR) is 53.4 cm³/mol. The summed E-state index contributed by atoms with van der Waals surface area (Å²) >= 11 is 0. The zero-order valence-corrected chi connectivity index (χ0v) is 7.94. The Bertz CT molecular complexity index is 327. The molecule has 0 fully saturated rings. The van der Waals surface area contributed by atoms with Crippen LogP contribution in [0.5, 0.6) is 0 Å².